The lowest BCUT2D eigenvalue weighted by Crippen LogP contribution is -2.43. The molecule has 1 aliphatic rings. The monoisotopic (exact) mass is 280 g/mol. The highest BCUT2D eigenvalue weighted by atomic mass is 35.5. The summed E-state index contributed by atoms with van der Waals surface area (Å²) in [6.45, 7) is 5.10. The van der Waals surface area contributed by atoms with Gasteiger partial charge in [0, 0.05) is 25.7 Å². The number of nitrogens with zero attached hydrogens (tertiary/aromatic N) is 3. The summed E-state index contributed by atoms with van der Waals surface area (Å²) in [6.07, 6.45) is 2.29. The van der Waals surface area contributed by atoms with Crippen molar-refractivity contribution in [2.24, 2.45) is 5.73 Å². The van der Waals surface area contributed by atoms with Crippen LogP contribution < -0.4 is 10.6 Å². The van der Waals surface area contributed by atoms with Crippen LogP contribution in [0.1, 0.15) is 19.8 Å². The van der Waals surface area contributed by atoms with Crippen molar-refractivity contribution < 1.29 is 0 Å². The average Bonchev–Trinajstić information content (AvgIpc) is 2.77. The molecule has 1 saturated heterocycles. The Hall–Kier alpha value is -1.26. The molecule has 0 radical (unpaired) electrons. The molecule has 19 heavy (non-hydrogen) atoms. The first kappa shape index (κ1) is 14.2. The van der Waals surface area contributed by atoms with Crippen LogP contribution in [-0.4, -0.2) is 28.7 Å². The minimum absolute atomic E-state index is 0. The van der Waals surface area contributed by atoms with Gasteiger partial charge >= 0.3 is 0 Å². The Kier molecular flexibility index (Phi) is 4.32. The van der Waals surface area contributed by atoms with Gasteiger partial charge in [-0.15, -0.1) is 12.4 Å². The standard InChI is InChI=1S/C14H20N4.ClH/c1-2-18-13-8-4-3-7-12(13)16-14(18)17-9-5-6-11(15)10-17;/h3-4,7-8,11H,2,5-6,9-10,15H2,1H3;1H. The molecule has 0 saturated carbocycles. The number of rotatable bonds is 2. The zero-order chi connectivity index (χ0) is 12.5. The van der Waals surface area contributed by atoms with Crippen molar-refractivity contribution in [2.45, 2.75) is 32.4 Å². The first-order chi connectivity index (χ1) is 8.79. The first-order valence-corrected chi connectivity index (χ1v) is 6.75. The largest absolute Gasteiger partial charge is 0.341 e. The number of aromatic nitrogens is 2. The van der Waals surface area contributed by atoms with Crippen LogP contribution in [0.25, 0.3) is 11.0 Å². The second-order valence-electron chi connectivity index (χ2n) is 4.99. The van der Waals surface area contributed by atoms with Gasteiger partial charge in [-0.1, -0.05) is 12.1 Å². The van der Waals surface area contributed by atoms with E-state index in [2.05, 4.69) is 34.6 Å². The number of nitrogens with two attached hydrogens (primary N) is 1. The van der Waals surface area contributed by atoms with Crippen molar-refractivity contribution in [1.29, 1.82) is 0 Å². The molecule has 1 atom stereocenters. The van der Waals surface area contributed by atoms with E-state index in [9.17, 15) is 0 Å². The lowest BCUT2D eigenvalue weighted by molar-refractivity contribution is 0.494. The van der Waals surface area contributed by atoms with Crippen molar-refractivity contribution in [3.05, 3.63) is 24.3 Å². The zero-order valence-corrected chi connectivity index (χ0v) is 12.1. The molecule has 0 aliphatic carbocycles. The van der Waals surface area contributed by atoms with Crippen LogP contribution in [0.5, 0.6) is 0 Å². The summed E-state index contributed by atoms with van der Waals surface area (Å²) in [4.78, 5) is 7.11. The number of anilines is 1. The fraction of sp³-hybridized carbons (Fsp3) is 0.500. The number of hydrogen-bond donors (Lipinski definition) is 1. The van der Waals surface area contributed by atoms with Crippen molar-refractivity contribution in [2.75, 3.05) is 18.0 Å². The van der Waals surface area contributed by atoms with Crippen molar-refractivity contribution in [1.82, 2.24) is 9.55 Å². The Bertz CT molecular complexity index is 551. The van der Waals surface area contributed by atoms with E-state index in [1.54, 1.807) is 0 Å². The second-order valence-corrected chi connectivity index (χ2v) is 4.99. The maximum absolute atomic E-state index is 6.07. The highest BCUT2D eigenvalue weighted by Crippen LogP contribution is 2.24. The van der Waals surface area contributed by atoms with E-state index in [1.807, 2.05) is 6.07 Å². The lowest BCUT2D eigenvalue weighted by atomic mass is 10.1. The van der Waals surface area contributed by atoms with E-state index in [0.29, 0.717) is 0 Å². The molecule has 1 aromatic heterocycles. The van der Waals surface area contributed by atoms with Crippen LogP contribution in [0.15, 0.2) is 24.3 Å². The number of para-hydroxylation sites is 2. The third-order valence-electron chi connectivity index (χ3n) is 3.69. The summed E-state index contributed by atoms with van der Waals surface area (Å²) < 4.78 is 2.29. The molecular formula is C14H21ClN4. The summed E-state index contributed by atoms with van der Waals surface area (Å²) in [6, 6.07) is 8.61. The van der Waals surface area contributed by atoms with Gasteiger partial charge in [-0.05, 0) is 31.9 Å². The van der Waals surface area contributed by atoms with Crippen molar-refractivity contribution in [3.63, 3.8) is 0 Å². The van der Waals surface area contributed by atoms with Gasteiger partial charge in [0.15, 0.2) is 0 Å². The molecule has 5 heteroatoms. The summed E-state index contributed by atoms with van der Waals surface area (Å²) in [5.74, 6) is 1.08. The number of benzene rings is 1. The normalized spacial score (nSPS) is 19.5. The van der Waals surface area contributed by atoms with E-state index in [0.717, 1.165) is 43.9 Å². The second kappa shape index (κ2) is 5.80. The molecule has 3 rings (SSSR count). The Morgan fingerprint density at radius 2 is 2.16 bits per heavy atom. The summed E-state index contributed by atoms with van der Waals surface area (Å²) in [5.41, 5.74) is 8.36. The fourth-order valence-electron chi connectivity index (χ4n) is 2.81. The third-order valence-corrected chi connectivity index (χ3v) is 3.69. The Morgan fingerprint density at radius 3 is 2.89 bits per heavy atom. The molecule has 0 bridgehead atoms. The highest BCUT2D eigenvalue weighted by Gasteiger charge is 2.21. The minimum atomic E-state index is 0. The summed E-state index contributed by atoms with van der Waals surface area (Å²) >= 11 is 0. The van der Waals surface area contributed by atoms with E-state index in [1.165, 1.54) is 5.52 Å². The van der Waals surface area contributed by atoms with Crippen LogP contribution in [0.4, 0.5) is 5.95 Å². The van der Waals surface area contributed by atoms with Crippen LogP contribution >= 0.6 is 12.4 Å². The maximum Gasteiger partial charge on any atom is 0.206 e. The number of imidazole rings is 1. The Balaban J connectivity index is 0.00000133. The van der Waals surface area contributed by atoms with Gasteiger partial charge in [0.05, 0.1) is 11.0 Å². The quantitative estimate of drug-likeness (QED) is 0.919. The van der Waals surface area contributed by atoms with Gasteiger partial charge < -0.3 is 15.2 Å². The molecule has 1 fully saturated rings. The van der Waals surface area contributed by atoms with Crippen molar-refractivity contribution in [3.8, 4) is 0 Å². The first-order valence-electron chi connectivity index (χ1n) is 6.75. The summed E-state index contributed by atoms with van der Waals surface area (Å²) in [7, 11) is 0. The fourth-order valence-corrected chi connectivity index (χ4v) is 2.81. The summed E-state index contributed by atoms with van der Waals surface area (Å²) in [5, 5.41) is 0. The predicted octanol–water partition coefficient (Wildman–Crippen LogP) is 2.41. The number of aryl methyl sites for hydroxylation is 1. The molecular weight excluding hydrogens is 260 g/mol. The predicted molar refractivity (Wildman–Crippen MR) is 82.1 cm³/mol. The average molecular weight is 281 g/mol. The number of piperidine rings is 1. The molecule has 2 N–H and O–H groups in total. The molecule has 1 unspecified atom stereocenters. The van der Waals surface area contributed by atoms with Gasteiger partial charge in [-0.25, -0.2) is 4.98 Å². The SMILES string of the molecule is CCn1c(N2CCCC(N)C2)nc2ccccc21.Cl. The molecule has 1 aliphatic heterocycles. The maximum atomic E-state index is 6.07. The van der Waals surface area contributed by atoms with Crippen molar-refractivity contribution >= 4 is 29.4 Å². The minimum Gasteiger partial charge on any atom is -0.341 e. The van der Waals surface area contributed by atoms with E-state index >= 15 is 0 Å². The molecule has 1 aromatic carbocycles. The van der Waals surface area contributed by atoms with Gasteiger partial charge in [-0.3, -0.25) is 0 Å². The smallest absolute Gasteiger partial charge is 0.206 e. The highest BCUT2D eigenvalue weighted by molar-refractivity contribution is 5.85. The molecule has 4 nitrogen and oxygen atoms in total. The number of hydrogen-bond acceptors (Lipinski definition) is 3. The molecule has 0 amide bonds. The van der Waals surface area contributed by atoms with E-state index < -0.39 is 0 Å². The third kappa shape index (κ3) is 2.55. The molecule has 104 valence electrons. The molecule has 2 heterocycles. The number of fused-ring (bicyclic) bond motifs is 1. The van der Waals surface area contributed by atoms with Crippen LogP contribution in [0.2, 0.25) is 0 Å². The van der Waals surface area contributed by atoms with Crippen LogP contribution in [-0.2, 0) is 6.54 Å². The lowest BCUT2D eigenvalue weighted by Gasteiger charge is -2.31. The van der Waals surface area contributed by atoms with Crippen LogP contribution in [0, 0.1) is 0 Å². The van der Waals surface area contributed by atoms with Gasteiger partial charge in [0.2, 0.25) is 5.95 Å². The van der Waals surface area contributed by atoms with E-state index in [-0.39, 0.29) is 18.4 Å². The van der Waals surface area contributed by atoms with Gasteiger partial charge in [0.25, 0.3) is 0 Å². The Morgan fingerprint density at radius 1 is 1.37 bits per heavy atom. The van der Waals surface area contributed by atoms with E-state index in [4.69, 9.17) is 10.7 Å². The zero-order valence-electron chi connectivity index (χ0n) is 11.2. The molecule has 2 aromatic rings. The van der Waals surface area contributed by atoms with Gasteiger partial charge in [0.1, 0.15) is 0 Å². The van der Waals surface area contributed by atoms with Gasteiger partial charge in [-0.2, -0.15) is 0 Å². The molecule has 0 spiro atoms. The number of halogens is 1. The van der Waals surface area contributed by atoms with Crippen LogP contribution in [0.3, 0.4) is 0 Å². The Labute approximate surface area is 120 Å². The topological polar surface area (TPSA) is 47.1 Å².